The number of halogens is 5. The molecule has 0 aromatic carbocycles. The van der Waals surface area contributed by atoms with Gasteiger partial charge >= 0.3 is 18.6 Å². The molecule has 0 radical (unpaired) electrons. The van der Waals surface area contributed by atoms with Gasteiger partial charge in [-0.1, -0.05) is 48.6 Å². The molecule has 0 nitrogen and oxygen atoms in total. The Morgan fingerprint density at radius 2 is 0.625 bits per heavy atom. The molecule has 0 saturated carbocycles. The monoisotopic (exact) mass is 818 g/mol. The summed E-state index contributed by atoms with van der Waals surface area (Å²) in [6, 6.07) is 0. The van der Waals surface area contributed by atoms with Crippen LogP contribution in [0.2, 0.25) is 0 Å². The van der Waals surface area contributed by atoms with Crippen LogP contribution >= 0.6 is 0 Å². The van der Waals surface area contributed by atoms with E-state index in [0.717, 1.165) is 12.8 Å². The van der Waals surface area contributed by atoms with Crippen LogP contribution in [-0.2, 0) is 18.6 Å². The van der Waals surface area contributed by atoms with Crippen LogP contribution in [0, 0.1) is 0 Å². The van der Waals surface area contributed by atoms with Gasteiger partial charge < -0.3 is 120 Å². The normalized spacial score (nSPS) is 11.0. The predicted octanol–water partition coefficient (Wildman–Crippen LogP) is -12.0. The van der Waals surface area contributed by atoms with Crippen LogP contribution in [0.1, 0.15) is 12.8 Å². The molecule has 0 atom stereocenters. The third-order valence-corrected chi connectivity index (χ3v) is 1.31. The molecule has 2 aliphatic carbocycles. The first kappa shape index (κ1) is 36.5. The largest absolute Gasteiger partial charge is 5.00 e. The van der Waals surface area contributed by atoms with E-state index in [2.05, 4.69) is 48.6 Å². The molecule has 0 aromatic heterocycles. The Balaban J connectivity index is -0.0000000227. The second-order valence-corrected chi connectivity index (χ2v) is 2.18. The molecular formula is C10H12I5V. The molecule has 16 heavy (non-hydrogen) atoms. The minimum Gasteiger partial charge on any atom is -1.00 e. The molecular weight excluding hydrogens is 806 g/mol. The molecule has 92 valence electrons. The second kappa shape index (κ2) is 30.9. The fourth-order valence-corrected chi connectivity index (χ4v) is 0.786. The van der Waals surface area contributed by atoms with Crippen molar-refractivity contribution < 1.29 is 138 Å². The summed E-state index contributed by atoms with van der Waals surface area (Å²) in [5, 5.41) is 0. The van der Waals surface area contributed by atoms with E-state index in [4.69, 9.17) is 0 Å². The van der Waals surface area contributed by atoms with Gasteiger partial charge in [-0.3, -0.25) is 0 Å². The van der Waals surface area contributed by atoms with Gasteiger partial charge in [0, 0.05) is 0 Å². The third-order valence-electron chi connectivity index (χ3n) is 1.31. The minimum atomic E-state index is 0. The van der Waals surface area contributed by atoms with Gasteiger partial charge in [0.15, 0.2) is 0 Å². The van der Waals surface area contributed by atoms with Crippen LogP contribution in [-0.4, -0.2) is 0 Å². The van der Waals surface area contributed by atoms with E-state index < -0.39 is 0 Å². The summed E-state index contributed by atoms with van der Waals surface area (Å²) in [6.07, 6.45) is 19.0. The molecule has 0 unspecified atom stereocenters. The summed E-state index contributed by atoms with van der Waals surface area (Å²) in [4.78, 5) is 0. The summed E-state index contributed by atoms with van der Waals surface area (Å²) in [5.74, 6) is 0. The number of hydrogen-bond donors (Lipinski definition) is 0. The zero-order chi connectivity index (χ0) is 7.07. The zero-order valence-corrected chi connectivity index (χ0v) is 20.6. The van der Waals surface area contributed by atoms with Crippen molar-refractivity contribution in [1.29, 1.82) is 0 Å². The van der Waals surface area contributed by atoms with Gasteiger partial charge in [0.25, 0.3) is 0 Å². The van der Waals surface area contributed by atoms with E-state index in [1.54, 1.807) is 0 Å². The summed E-state index contributed by atoms with van der Waals surface area (Å²) < 4.78 is 0. The number of hydrogen-bond acceptors (Lipinski definition) is 0. The summed E-state index contributed by atoms with van der Waals surface area (Å²) >= 11 is 0. The van der Waals surface area contributed by atoms with E-state index in [0.29, 0.717) is 0 Å². The molecule has 0 aromatic rings. The molecule has 2 rings (SSSR count). The molecule has 0 spiro atoms. The summed E-state index contributed by atoms with van der Waals surface area (Å²) in [5.41, 5.74) is 0. The SMILES string of the molecule is C1=CCC=C1.C1=CCC=C1.[I-].[I-].[I-].[I-].[I-].[V+5]. The fraction of sp³-hybridized carbons (Fsp3) is 0.200. The van der Waals surface area contributed by atoms with E-state index in [-0.39, 0.29) is 138 Å². The van der Waals surface area contributed by atoms with Crippen molar-refractivity contribution in [3.63, 3.8) is 0 Å². The zero-order valence-electron chi connectivity index (χ0n) is 8.37. The number of allylic oxidation sites excluding steroid dienone is 8. The molecule has 0 saturated heterocycles. The van der Waals surface area contributed by atoms with Crippen molar-refractivity contribution in [3.8, 4) is 0 Å². The van der Waals surface area contributed by atoms with E-state index in [1.165, 1.54) is 0 Å². The van der Waals surface area contributed by atoms with Gasteiger partial charge in [-0.25, -0.2) is 0 Å². The average molecular weight is 818 g/mol. The maximum atomic E-state index is 2.12. The molecule has 2 aliphatic rings. The molecule has 0 amide bonds. The predicted molar refractivity (Wildman–Crippen MR) is 45.8 cm³/mol. The molecule has 0 aliphatic heterocycles. The van der Waals surface area contributed by atoms with Crippen molar-refractivity contribution in [2.24, 2.45) is 0 Å². The van der Waals surface area contributed by atoms with E-state index in [1.807, 2.05) is 0 Å². The van der Waals surface area contributed by atoms with Gasteiger partial charge in [0.05, 0.1) is 0 Å². The Morgan fingerprint density at radius 1 is 0.438 bits per heavy atom. The molecule has 0 bridgehead atoms. The maximum Gasteiger partial charge on any atom is 5.00 e. The Bertz CT molecular complexity index is 157. The molecule has 0 fully saturated rings. The quantitative estimate of drug-likeness (QED) is 0.214. The standard InChI is InChI=1S/2C5H6.5HI.V/c2*1-2-4-5-3-1;;;;;;/h2*1-4H,5H2;5*1H;/q;;;;;;;+5/p-5. The molecule has 0 heterocycles. The molecule has 6 heteroatoms. The Hall–Kier alpha value is 3.19. The van der Waals surface area contributed by atoms with Gasteiger partial charge in [-0.05, 0) is 12.8 Å². The van der Waals surface area contributed by atoms with Crippen LogP contribution < -0.4 is 120 Å². The Labute approximate surface area is 196 Å². The van der Waals surface area contributed by atoms with Gasteiger partial charge in [0.2, 0.25) is 0 Å². The first-order valence-corrected chi connectivity index (χ1v) is 3.63. The van der Waals surface area contributed by atoms with Crippen LogP contribution in [0.4, 0.5) is 0 Å². The fourth-order valence-electron chi connectivity index (χ4n) is 0.786. The van der Waals surface area contributed by atoms with Crippen molar-refractivity contribution in [2.75, 3.05) is 0 Å². The topological polar surface area (TPSA) is 0 Å². The Kier molecular flexibility index (Phi) is 70.5. The average Bonchev–Trinajstić information content (AvgIpc) is 2.67. The van der Waals surface area contributed by atoms with Gasteiger partial charge in [0.1, 0.15) is 0 Å². The summed E-state index contributed by atoms with van der Waals surface area (Å²) in [7, 11) is 0. The number of rotatable bonds is 0. The van der Waals surface area contributed by atoms with Crippen LogP contribution in [0.3, 0.4) is 0 Å². The molecule has 0 N–H and O–H groups in total. The Morgan fingerprint density at radius 3 is 0.688 bits per heavy atom. The van der Waals surface area contributed by atoms with Crippen LogP contribution in [0.25, 0.3) is 0 Å². The van der Waals surface area contributed by atoms with E-state index >= 15 is 0 Å². The van der Waals surface area contributed by atoms with Gasteiger partial charge in [-0.15, -0.1) is 0 Å². The second-order valence-electron chi connectivity index (χ2n) is 2.18. The van der Waals surface area contributed by atoms with Crippen LogP contribution in [0.5, 0.6) is 0 Å². The van der Waals surface area contributed by atoms with E-state index in [9.17, 15) is 0 Å². The minimum absolute atomic E-state index is 0. The van der Waals surface area contributed by atoms with Crippen molar-refractivity contribution in [3.05, 3.63) is 48.6 Å². The third kappa shape index (κ3) is 25.9. The summed E-state index contributed by atoms with van der Waals surface area (Å²) in [6.45, 7) is 0. The first-order valence-electron chi connectivity index (χ1n) is 3.63. The smallest absolute Gasteiger partial charge is 1.00 e. The first-order chi connectivity index (χ1) is 5.00. The van der Waals surface area contributed by atoms with Crippen molar-refractivity contribution in [2.45, 2.75) is 12.8 Å². The van der Waals surface area contributed by atoms with Crippen molar-refractivity contribution >= 4 is 0 Å². The van der Waals surface area contributed by atoms with Gasteiger partial charge in [-0.2, -0.15) is 0 Å². The van der Waals surface area contributed by atoms with Crippen LogP contribution in [0.15, 0.2) is 48.6 Å². The van der Waals surface area contributed by atoms with Crippen molar-refractivity contribution in [1.82, 2.24) is 0 Å². The maximum absolute atomic E-state index is 2.12.